The van der Waals surface area contributed by atoms with Crippen molar-refractivity contribution in [2.24, 2.45) is 0 Å². The van der Waals surface area contributed by atoms with Gasteiger partial charge in [0.15, 0.2) is 5.82 Å². The lowest BCUT2D eigenvalue weighted by molar-refractivity contribution is 0.0325. The van der Waals surface area contributed by atoms with Crippen LogP contribution in [0.1, 0.15) is 31.4 Å². The smallest absolute Gasteiger partial charge is 0.263 e. The number of unbranched alkanes of at least 4 members (excludes halogenated alkanes) is 1. The molecule has 1 aliphatic heterocycles. The van der Waals surface area contributed by atoms with Crippen molar-refractivity contribution in [3.63, 3.8) is 0 Å². The summed E-state index contributed by atoms with van der Waals surface area (Å²) < 4.78 is 9.05. The van der Waals surface area contributed by atoms with E-state index in [4.69, 9.17) is 9.72 Å². The van der Waals surface area contributed by atoms with Crippen LogP contribution in [0.4, 0.5) is 0 Å². The monoisotopic (exact) mass is 471 g/mol. The Bertz CT molecular complexity index is 1240. The van der Waals surface area contributed by atoms with Gasteiger partial charge < -0.3 is 4.74 Å². The number of aromatic nitrogens is 6. The molecule has 5 heterocycles. The molecule has 0 saturated carbocycles. The van der Waals surface area contributed by atoms with Crippen LogP contribution < -0.4 is 5.56 Å². The number of morpholine rings is 1. The number of fused-ring (bicyclic) bond motifs is 1. The van der Waals surface area contributed by atoms with E-state index in [9.17, 15) is 4.79 Å². The topological polar surface area (TPSA) is 91.0 Å². The van der Waals surface area contributed by atoms with Gasteiger partial charge >= 0.3 is 0 Å². The lowest BCUT2D eigenvalue weighted by Gasteiger charge is -2.27. The summed E-state index contributed by atoms with van der Waals surface area (Å²) in [6.45, 7) is 6.82. The van der Waals surface area contributed by atoms with Gasteiger partial charge in [0, 0.05) is 35.5 Å². The standard InChI is InChI=1S/C21H25N7O2S2/c1-2-3-6-28-18(23-24-25-28)13-27-17(12-26-7-9-30-10-8-26)22-20-19(21(27)29)15(14-32-20)16-5-4-11-31-16/h4-5,11,14H,2-3,6-10,12-13H2,1H3. The fourth-order valence-corrected chi connectivity index (χ4v) is 5.65. The number of hydrogen-bond acceptors (Lipinski definition) is 9. The molecule has 168 valence electrons. The minimum atomic E-state index is -0.0343. The maximum absolute atomic E-state index is 13.8. The van der Waals surface area contributed by atoms with Gasteiger partial charge in [0.05, 0.1) is 31.7 Å². The molecule has 0 aromatic carbocycles. The van der Waals surface area contributed by atoms with E-state index in [1.165, 1.54) is 11.3 Å². The van der Waals surface area contributed by atoms with Crippen molar-refractivity contribution < 1.29 is 4.74 Å². The van der Waals surface area contributed by atoms with Crippen LogP contribution in [-0.2, 0) is 24.4 Å². The van der Waals surface area contributed by atoms with Crippen LogP contribution in [0.3, 0.4) is 0 Å². The second-order valence-corrected chi connectivity index (χ2v) is 9.59. The zero-order chi connectivity index (χ0) is 21.9. The highest BCUT2D eigenvalue weighted by Crippen LogP contribution is 2.33. The number of aryl methyl sites for hydroxylation is 1. The molecule has 32 heavy (non-hydrogen) atoms. The Balaban J connectivity index is 1.59. The van der Waals surface area contributed by atoms with Gasteiger partial charge in [-0.3, -0.25) is 14.3 Å². The third-order valence-electron chi connectivity index (χ3n) is 5.66. The first kappa shape index (κ1) is 21.4. The van der Waals surface area contributed by atoms with Gasteiger partial charge in [-0.2, -0.15) is 0 Å². The molecule has 0 N–H and O–H groups in total. The predicted octanol–water partition coefficient (Wildman–Crippen LogP) is 2.85. The van der Waals surface area contributed by atoms with E-state index >= 15 is 0 Å². The quantitative estimate of drug-likeness (QED) is 0.390. The van der Waals surface area contributed by atoms with Crippen LogP contribution in [0, 0.1) is 0 Å². The number of hydrogen-bond donors (Lipinski definition) is 0. The highest BCUT2D eigenvalue weighted by Gasteiger charge is 2.21. The summed E-state index contributed by atoms with van der Waals surface area (Å²) in [5, 5.41) is 17.0. The highest BCUT2D eigenvalue weighted by atomic mass is 32.1. The third kappa shape index (κ3) is 4.25. The van der Waals surface area contributed by atoms with E-state index in [0.29, 0.717) is 37.5 Å². The van der Waals surface area contributed by atoms with Gasteiger partial charge in [-0.25, -0.2) is 9.67 Å². The maximum Gasteiger partial charge on any atom is 0.263 e. The average molecular weight is 472 g/mol. The molecule has 11 heteroatoms. The van der Waals surface area contributed by atoms with Crippen molar-refractivity contribution in [1.82, 2.24) is 34.7 Å². The molecule has 1 aliphatic rings. The lowest BCUT2D eigenvalue weighted by atomic mass is 10.2. The minimum absolute atomic E-state index is 0.0343. The highest BCUT2D eigenvalue weighted by molar-refractivity contribution is 7.18. The summed E-state index contributed by atoms with van der Waals surface area (Å²) in [5.74, 6) is 1.42. The predicted molar refractivity (Wildman–Crippen MR) is 125 cm³/mol. The Morgan fingerprint density at radius 2 is 2.03 bits per heavy atom. The van der Waals surface area contributed by atoms with Crippen molar-refractivity contribution in [2.75, 3.05) is 26.3 Å². The fourth-order valence-electron chi connectivity index (χ4n) is 3.88. The first-order valence-electron chi connectivity index (χ1n) is 10.8. The summed E-state index contributed by atoms with van der Waals surface area (Å²) in [6, 6.07) is 4.05. The molecule has 0 aliphatic carbocycles. The molecular weight excluding hydrogens is 446 g/mol. The second kappa shape index (κ2) is 9.57. The fraction of sp³-hybridized carbons (Fsp3) is 0.476. The summed E-state index contributed by atoms with van der Waals surface area (Å²) in [7, 11) is 0. The molecule has 0 unspecified atom stereocenters. The largest absolute Gasteiger partial charge is 0.379 e. The Hall–Kier alpha value is -2.47. The van der Waals surface area contributed by atoms with Gasteiger partial charge in [0.1, 0.15) is 10.7 Å². The van der Waals surface area contributed by atoms with Crippen LogP contribution in [0.2, 0.25) is 0 Å². The summed E-state index contributed by atoms with van der Waals surface area (Å²) >= 11 is 3.16. The van der Waals surface area contributed by atoms with E-state index in [1.54, 1.807) is 20.6 Å². The normalized spacial score (nSPS) is 15.0. The minimum Gasteiger partial charge on any atom is -0.379 e. The Morgan fingerprint density at radius 3 is 2.81 bits per heavy atom. The SMILES string of the molecule is CCCCn1nnnc1Cn1c(CN2CCOCC2)nc2scc(-c3cccs3)c2c1=O. The van der Waals surface area contributed by atoms with Gasteiger partial charge in [-0.1, -0.05) is 19.4 Å². The average Bonchev–Trinajstić information content (AvgIpc) is 3.56. The van der Waals surface area contributed by atoms with Crippen molar-refractivity contribution in [3.8, 4) is 10.4 Å². The van der Waals surface area contributed by atoms with Gasteiger partial charge in [0.2, 0.25) is 0 Å². The second-order valence-electron chi connectivity index (χ2n) is 7.79. The number of nitrogens with zero attached hydrogens (tertiary/aromatic N) is 7. The van der Waals surface area contributed by atoms with Crippen molar-refractivity contribution in [3.05, 3.63) is 44.9 Å². The molecule has 0 bridgehead atoms. The van der Waals surface area contributed by atoms with Crippen molar-refractivity contribution in [1.29, 1.82) is 0 Å². The van der Waals surface area contributed by atoms with Crippen molar-refractivity contribution >= 4 is 32.9 Å². The van der Waals surface area contributed by atoms with Gasteiger partial charge in [-0.05, 0) is 28.3 Å². The number of rotatable bonds is 8. The van der Waals surface area contributed by atoms with E-state index in [0.717, 1.165) is 53.6 Å². The molecule has 1 saturated heterocycles. The molecular formula is C21H25N7O2S2. The molecule has 9 nitrogen and oxygen atoms in total. The first-order valence-corrected chi connectivity index (χ1v) is 12.6. The summed E-state index contributed by atoms with van der Waals surface area (Å²) in [4.78, 5) is 22.9. The molecule has 0 radical (unpaired) electrons. The Labute approximate surface area is 193 Å². The Morgan fingerprint density at radius 1 is 1.16 bits per heavy atom. The van der Waals surface area contributed by atoms with E-state index < -0.39 is 0 Å². The van der Waals surface area contributed by atoms with Crippen LogP contribution in [0.25, 0.3) is 20.7 Å². The number of ether oxygens (including phenoxy) is 1. The van der Waals surface area contributed by atoms with Crippen LogP contribution >= 0.6 is 22.7 Å². The van der Waals surface area contributed by atoms with E-state index in [1.807, 2.05) is 22.9 Å². The van der Waals surface area contributed by atoms with Crippen LogP contribution in [0.5, 0.6) is 0 Å². The molecule has 4 aromatic rings. The van der Waals surface area contributed by atoms with Gasteiger partial charge in [0.25, 0.3) is 5.56 Å². The zero-order valence-electron chi connectivity index (χ0n) is 17.9. The molecule has 0 amide bonds. The molecule has 0 atom stereocenters. The van der Waals surface area contributed by atoms with Gasteiger partial charge in [-0.15, -0.1) is 27.8 Å². The maximum atomic E-state index is 13.8. The van der Waals surface area contributed by atoms with E-state index in [-0.39, 0.29) is 5.56 Å². The molecule has 5 rings (SSSR count). The lowest BCUT2D eigenvalue weighted by Crippen LogP contribution is -2.38. The van der Waals surface area contributed by atoms with Crippen molar-refractivity contribution in [2.45, 2.75) is 39.4 Å². The molecule has 4 aromatic heterocycles. The van der Waals surface area contributed by atoms with Crippen LogP contribution in [0.15, 0.2) is 27.7 Å². The molecule has 1 fully saturated rings. The summed E-state index contributed by atoms with van der Waals surface area (Å²) in [5.41, 5.74) is 0.919. The third-order valence-corrected chi connectivity index (χ3v) is 7.43. The Kier molecular flexibility index (Phi) is 6.39. The zero-order valence-corrected chi connectivity index (χ0v) is 19.6. The van der Waals surface area contributed by atoms with E-state index in [2.05, 4.69) is 27.3 Å². The first-order chi connectivity index (χ1) is 15.7. The number of thiophene rings is 2. The molecule has 0 spiro atoms. The van der Waals surface area contributed by atoms with Crippen LogP contribution in [-0.4, -0.2) is 61.0 Å². The number of tetrazole rings is 1. The summed E-state index contributed by atoms with van der Waals surface area (Å²) in [6.07, 6.45) is 2.03.